The van der Waals surface area contributed by atoms with Crippen LogP contribution in [0.15, 0.2) is 41.1 Å². The molecule has 4 aromatic rings. The van der Waals surface area contributed by atoms with Gasteiger partial charge in [0.25, 0.3) is 5.91 Å². The number of aromatic nitrogens is 6. The van der Waals surface area contributed by atoms with Crippen molar-refractivity contribution in [2.75, 3.05) is 13.1 Å². The first-order valence-corrected chi connectivity index (χ1v) is 9.69. The van der Waals surface area contributed by atoms with Gasteiger partial charge in [-0.15, -0.1) is 15.3 Å². The molecule has 0 aromatic carbocycles. The maximum Gasteiger partial charge on any atom is 0.257 e. The van der Waals surface area contributed by atoms with Crippen LogP contribution in [0.1, 0.15) is 46.5 Å². The lowest BCUT2D eigenvalue weighted by Crippen LogP contribution is -2.38. The minimum absolute atomic E-state index is 0.0306. The van der Waals surface area contributed by atoms with Gasteiger partial charge in [-0.25, -0.2) is 4.68 Å². The average Bonchev–Trinajstić information content (AvgIpc) is 3.47. The summed E-state index contributed by atoms with van der Waals surface area (Å²) in [5.41, 5.74) is 1.36. The summed E-state index contributed by atoms with van der Waals surface area (Å²) in [7, 11) is 0. The second-order valence-corrected chi connectivity index (χ2v) is 7.36. The van der Waals surface area contributed by atoms with Crippen molar-refractivity contribution < 1.29 is 9.21 Å². The molecule has 148 valence electrons. The molecule has 0 aliphatic carbocycles. The third-order valence-corrected chi connectivity index (χ3v) is 5.43. The van der Waals surface area contributed by atoms with E-state index in [1.807, 2.05) is 49.2 Å². The number of amides is 1. The molecule has 1 aliphatic heterocycles. The summed E-state index contributed by atoms with van der Waals surface area (Å²) in [5.74, 6) is 3.20. The molecule has 5 rings (SSSR count). The summed E-state index contributed by atoms with van der Waals surface area (Å²) < 4.78 is 9.01. The maximum atomic E-state index is 12.8. The Morgan fingerprint density at radius 1 is 1.17 bits per heavy atom. The van der Waals surface area contributed by atoms with Gasteiger partial charge in [0.2, 0.25) is 0 Å². The largest absolute Gasteiger partial charge is 0.466 e. The molecule has 1 fully saturated rings. The SMILES string of the molecule is Cc1cc(C(=O)N2CCC(c3nnc4ccc(-n5cccn5)nn34)CC2)c(C)o1. The number of piperidine rings is 1. The van der Waals surface area contributed by atoms with Crippen molar-refractivity contribution in [1.29, 1.82) is 0 Å². The third-order valence-electron chi connectivity index (χ3n) is 5.43. The molecule has 0 bridgehead atoms. The third kappa shape index (κ3) is 3.08. The van der Waals surface area contributed by atoms with Crippen molar-refractivity contribution in [2.45, 2.75) is 32.6 Å². The first-order valence-electron chi connectivity index (χ1n) is 9.69. The van der Waals surface area contributed by atoms with Gasteiger partial charge in [0, 0.05) is 31.4 Å². The van der Waals surface area contributed by atoms with E-state index in [0.717, 1.165) is 24.4 Å². The van der Waals surface area contributed by atoms with Crippen molar-refractivity contribution in [2.24, 2.45) is 0 Å². The second-order valence-electron chi connectivity index (χ2n) is 7.36. The highest BCUT2D eigenvalue weighted by atomic mass is 16.3. The van der Waals surface area contributed by atoms with E-state index in [-0.39, 0.29) is 11.8 Å². The van der Waals surface area contributed by atoms with Gasteiger partial charge in [0.1, 0.15) is 11.5 Å². The van der Waals surface area contributed by atoms with Gasteiger partial charge < -0.3 is 9.32 Å². The summed E-state index contributed by atoms with van der Waals surface area (Å²) in [6.07, 6.45) is 5.20. The molecule has 0 saturated carbocycles. The minimum Gasteiger partial charge on any atom is -0.466 e. The van der Waals surface area contributed by atoms with Crippen LogP contribution in [0.5, 0.6) is 0 Å². The fourth-order valence-corrected chi connectivity index (χ4v) is 3.93. The van der Waals surface area contributed by atoms with Crippen LogP contribution >= 0.6 is 0 Å². The predicted octanol–water partition coefficient (Wildman–Crippen LogP) is 2.54. The van der Waals surface area contributed by atoms with Gasteiger partial charge in [0.05, 0.1) is 5.56 Å². The standard InChI is InChI=1S/C20H21N7O2/c1-13-12-16(14(2)29-13)20(28)25-10-6-15(7-11-25)19-23-22-17-4-5-18(24-27(17)19)26-9-3-8-21-26/h3-5,8-9,12,15H,6-7,10-11H2,1-2H3. The molecule has 0 unspecified atom stereocenters. The number of fused-ring (bicyclic) bond motifs is 1. The molecule has 4 aromatic heterocycles. The van der Waals surface area contributed by atoms with Crippen molar-refractivity contribution in [1.82, 2.24) is 34.5 Å². The zero-order valence-electron chi connectivity index (χ0n) is 16.3. The summed E-state index contributed by atoms with van der Waals surface area (Å²) in [5, 5.41) is 17.6. The number of nitrogens with zero attached hydrogens (tertiary/aromatic N) is 7. The van der Waals surface area contributed by atoms with Gasteiger partial charge in [-0.2, -0.15) is 9.61 Å². The summed E-state index contributed by atoms with van der Waals surface area (Å²) in [6.45, 7) is 5.02. The summed E-state index contributed by atoms with van der Waals surface area (Å²) in [4.78, 5) is 14.7. The van der Waals surface area contributed by atoms with Gasteiger partial charge in [0.15, 0.2) is 17.3 Å². The number of aryl methyl sites for hydroxylation is 2. The quantitative estimate of drug-likeness (QED) is 0.533. The average molecular weight is 391 g/mol. The molecule has 0 radical (unpaired) electrons. The van der Waals surface area contributed by atoms with Crippen LogP contribution in [0, 0.1) is 13.8 Å². The maximum absolute atomic E-state index is 12.8. The molecule has 9 heteroatoms. The number of carbonyl (C=O) groups is 1. The van der Waals surface area contributed by atoms with Crippen molar-refractivity contribution in [3.05, 3.63) is 59.6 Å². The molecule has 1 saturated heterocycles. The first kappa shape index (κ1) is 17.6. The fourth-order valence-electron chi connectivity index (χ4n) is 3.93. The van der Waals surface area contributed by atoms with Crippen molar-refractivity contribution in [3.8, 4) is 5.82 Å². The number of carbonyl (C=O) groups excluding carboxylic acids is 1. The van der Waals surface area contributed by atoms with Gasteiger partial charge >= 0.3 is 0 Å². The monoisotopic (exact) mass is 391 g/mol. The molecule has 1 aliphatic rings. The first-order chi connectivity index (χ1) is 14.1. The minimum atomic E-state index is 0.0306. The number of rotatable bonds is 3. The topological polar surface area (TPSA) is 94.4 Å². The molecule has 5 heterocycles. The lowest BCUT2D eigenvalue weighted by Gasteiger charge is -2.31. The highest BCUT2D eigenvalue weighted by Gasteiger charge is 2.29. The predicted molar refractivity (Wildman–Crippen MR) is 104 cm³/mol. The normalized spacial score (nSPS) is 15.3. The Balaban J connectivity index is 1.35. The zero-order chi connectivity index (χ0) is 20.0. The van der Waals surface area contributed by atoms with Crippen LogP contribution in [0.4, 0.5) is 0 Å². The Kier molecular flexibility index (Phi) is 4.15. The Bertz CT molecular complexity index is 1170. The molecule has 0 spiro atoms. The fraction of sp³-hybridized carbons (Fsp3) is 0.350. The van der Waals surface area contributed by atoms with Crippen LogP contribution in [-0.4, -0.2) is 53.5 Å². The molecule has 1 amide bonds. The number of hydrogen-bond donors (Lipinski definition) is 0. The van der Waals surface area contributed by atoms with E-state index in [4.69, 9.17) is 4.42 Å². The summed E-state index contributed by atoms with van der Waals surface area (Å²) in [6, 6.07) is 7.44. The second kappa shape index (κ2) is 6.84. The lowest BCUT2D eigenvalue weighted by molar-refractivity contribution is 0.0709. The summed E-state index contributed by atoms with van der Waals surface area (Å²) >= 11 is 0. The van der Waals surface area contributed by atoms with E-state index in [2.05, 4.69) is 20.4 Å². The van der Waals surface area contributed by atoms with E-state index in [1.54, 1.807) is 15.4 Å². The van der Waals surface area contributed by atoms with E-state index in [9.17, 15) is 4.79 Å². The van der Waals surface area contributed by atoms with Crippen LogP contribution in [0.3, 0.4) is 0 Å². The van der Waals surface area contributed by atoms with Crippen molar-refractivity contribution in [3.63, 3.8) is 0 Å². The Labute approximate surface area is 166 Å². The van der Waals surface area contributed by atoms with Gasteiger partial charge in [-0.3, -0.25) is 4.79 Å². The van der Waals surface area contributed by atoms with Crippen LogP contribution in [-0.2, 0) is 0 Å². The van der Waals surface area contributed by atoms with E-state index < -0.39 is 0 Å². The smallest absolute Gasteiger partial charge is 0.257 e. The Morgan fingerprint density at radius 2 is 2.00 bits per heavy atom. The zero-order valence-corrected chi connectivity index (χ0v) is 16.3. The van der Waals surface area contributed by atoms with Crippen LogP contribution in [0.2, 0.25) is 0 Å². The molecule has 29 heavy (non-hydrogen) atoms. The van der Waals surface area contributed by atoms with Crippen LogP contribution < -0.4 is 0 Å². The van der Waals surface area contributed by atoms with E-state index in [0.29, 0.717) is 35.9 Å². The lowest BCUT2D eigenvalue weighted by atomic mass is 9.95. The molecule has 0 N–H and O–H groups in total. The van der Waals surface area contributed by atoms with E-state index in [1.165, 1.54) is 0 Å². The van der Waals surface area contributed by atoms with Gasteiger partial charge in [-0.05, 0) is 51.0 Å². The number of likely N-dealkylation sites (tertiary alicyclic amines) is 1. The molecule has 9 nitrogen and oxygen atoms in total. The Hall–Kier alpha value is -3.49. The molecule has 0 atom stereocenters. The molecular weight excluding hydrogens is 370 g/mol. The van der Waals surface area contributed by atoms with E-state index >= 15 is 0 Å². The highest BCUT2D eigenvalue weighted by Crippen LogP contribution is 2.28. The number of hydrogen-bond acceptors (Lipinski definition) is 6. The molecular formula is C20H21N7O2. The highest BCUT2D eigenvalue weighted by molar-refractivity contribution is 5.95. The number of furan rings is 1. The van der Waals surface area contributed by atoms with Crippen LogP contribution in [0.25, 0.3) is 11.5 Å². The Morgan fingerprint density at radius 3 is 2.69 bits per heavy atom. The van der Waals surface area contributed by atoms with Crippen molar-refractivity contribution >= 4 is 11.6 Å². The van der Waals surface area contributed by atoms with Gasteiger partial charge in [-0.1, -0.05) is 0 Å².